The minimum absolute atomic E-state index is 0.0545. The van der Waals surface area contributed by atoms with Gasteiger partial charge in [0.05, 0.1) is 0 Å². The minimum atomic E-state index is -0.0545. The second-order valence-electron chi connectivity index (χ2n) is 4.90. The third kappa shape index (κ3) is 3.09. The van der Waals surface area contributed by atoms with Gasteiger partial charge in [-0.25, -0.2) is 0 Å². The van der Waals surface area contributed by atoms with Crippen molar-refractivity contribution in [3.8, 4) is 5.75 Å². The van der Waals surface area contributed by atoms with Crippen molar-refractivity contribution in [2.75, 3.05) is 12.8 Å². The van der Waals surface area contributed by atoms with E-state index in [1.54, 1.807) is 54.4 Å². The van der Waals surface area contributed by atoms with Crippen LogP contribution in [-0.4, -0.2) is 23.0 Å². The van der Waals surface area contributed by atoms with E-state index < -0.39 is 0 Å². The molecule has 0 spiro atoms. The third-order valence-electron chi connectivity index (χ3n) is 3.22. The van der Waals surface area contributed by atoms with Crippen LogP contribution >= 0.6 is 0 Å². The molecule has 20 heavy (non-hydrogen) atoms. The predicted molar refractivity (Wildman–Crippen MR) is 79.5 cm³/mol. The zero-order valence-corrected chi connectivity index (χ0v) is 11.6. The van der Waals surface area contributed by atoms with Crippen molar-refractivity contribution >= 4 is 11.6 Å². The van der Waals surface area contributed by atoms with Gasteiger partial charge >= 0.3 is 0 Å². The summed E-state index contributed by atoms with van der Waals surface area (Å²) in [5.41, 5.74) is 8.92. The Kier molecular flexibility index (Phi) is 3.94. The number of aromatic hydroxyl groups is 1. The van der Waals surface area contributed by atoms with Crippen molar-refractivity contribution < 1.29 is 9.90 Å². The lowest BCUT2D eigenvalue weighted by Gasteiger charge is -2.18. The Balaban J connectivity index is 2.11. The normalized spacial score (nSPS) is 10.3. The molecule has 2 aromatic carbocycles. The monoisotopic (exact) mass is 270 g/mol. The first kappa shape index (κ1) is 13.9. The van der Waals surface area contributed by atoms with Crippen LogP contribution in [0.1, 0.15) is 21.5 Å². The van der Waals surface area contributed by atoms with Gasteiger partial charge in [0.15, 0.2) is 0 Å². The molecule has 0 aromatic heterocycles. The summed E-state index contributed by atoms with van der Waals surface area (Å²) < 4.78 is 0. The van der Waals surface area contributed by atoms with Crippen molar-refractivity contribution in [2.45, 2.75) is 13.5 Å². The maximum atomic E-state index is 12.3. The van der Waals surface area contributed by atoms with Crippen molar-refractivity contribution in [3.05, 3.63) is 59.2 Å². The van der Waals surface area contributed by atoms with E-state index in [4.69, 9.17) is 5.73 Å². The largest absolute Gasteiger partial charge is 0.508 e. The molecular formula is C16H18N2O2. The van der Waals surface area contributed by atoms with Crippen molar-refractivity contribution in [3.63, 3.8) is 0 Å². The maximum absolute atomic E-state index is 12.3. The van der Waals surface area contributed by atoms with Crippen LogP contribution in [0.4, 0.5) is 5.69 Å². The summed E-state index contributed by atoms with van der Waals surface area (Å²) in [6.45, 7) is 2.37. The quantitative estimate of drug-likeness (QED) is 0.842. The second kappa shape index (κ2) is 5.65. The van der Waals surface area contributed by atoms with Crippen LogP contribution in [0.3, 0.4) is 0 Å². The summed E-state index contributed by atoms with van der Waals surface area (Å²) in [6.07, 6.45) is 0. The molecule has 0 saturated heterocycles. The fourth-order valence-electron chi connectivity index (χ4n) is 1.98. The summed E-state index contributed by atoms with van der Waals surface area (Å²) in [6, 6.07) is 12.1. The lowest BCUT2D eigenvalue weighted by atomic mass is 10.1. The first-order valence-corrected chi connectivity index (χ1v) is 6.37. The van der Waals surface area contributed by atoms with E-state index in [-0.39, 0.29) is 11.7 Å². The van der Waals surface area contributed by atoms with Crippen LogP contribution in [0.25, 0.3) is 0 Å². The summed E-state index contributed by atoms with van der Waals surface area (Å²) in [5, 5.41) is 9.24. The number of anilines is 1. The van der Waals surface area contributed by atoms with E-state index in [2.05, 4.69) is 0 Å². The molecule has 0 bridgehead atoms. The Morgan fingerprint density at radius 3 is 2.45 bits per heavy atom. The summed E-state index contributed by atoms with van der Waals surface area (Å²) in [7, 11) is 1.75. The highest BCUT2D eigenvalue weighted by Crippen LogP contribution is 2.16. The van der Waals surface area contributed by atoms with Gasteiger partial charge in [-0.05, 0) is 48.4 Å². The molecule has 2 rings (SSSR count). The molecule has 0 aliphatic carbocycles. The van der Waals surface area contributed by atoms with Crippen LogP contribution in [0.5, 0.6) is 5.75 Å². The lowest BCUT2D eigenvalue weighted by molar-refractivity contribution is 0.0785. The zero-order valence-electron chi connectivity index (χ0n) is 11.6. The number of carbonyl (C=O) groups is 1. The van der Waals surface area contributed by atoms with Gasteiger partial charge in [0, 0.05) is 24.8 Å². The van der Waals surface area contributed by atoms with Gasteiger partial charge in [0.25, 0.3) is 5.91 Å². The Morgan fingerprint density at radius 1 is 1.20 bits per heavy atom. The molecule has 0 aliphatic heterocycles. The van der Waals surface area contributed by atoms with E-state index in [0.717, 1.165) is 11.1 Å². The molecule has 0 atom stereocenters. The molecule has 4 nitrogen and oxygen atoms in total. The summed E-state index contributed by atoms with van der Waals surface area (Å²) >= 11 is 0. The first-order valence-electron chi connectivity index (χ1n) is 6.37. The Bertz CT molecular complexity index is 621. The van der Waals surface area contributed by atoms with Crippen molar-refractivity contribution in [2.24, 2.45) is 0 Å². The number of nitrogens with two attached hydrogens (primary N) is 1. The highest BCUT2D eigenvalue weighted by molar-refractivity contribution is 5.94. The van der Waals surface area contributed by atoms with E-state index in [9.17, 15) is 9.90 Å². The fourth-order valence-corrected chi connectivity index (χ4v) is 1.98. The molecule has 104 valence electrons. The minimum Gasteiger partial charge on any atom is -0.508 e. The first-order chi connectivity index (χ1) is 9.47. The van der Waals surface area contributed by atoms with Crippen molar-refractivity contribution in [1.29, 1.82) is 0 Å². The molecule has 3 N–H and O–H groups in total. The number of phenols is 1. The number of hydrogen-bond donors (Lipinski definition) is 2. The molecule has 2 aromatic rings. The van der Waals surface area contributed by atoms with Gasteiger partial charge < -0.3 is 15.7 Å². The van der Waals surface area contributed by atoms with Crippen LogP contribution in [0.15, 0.2) is 42.5 Å². The number of nitrogen functional groups attached to an aromatic ring is 1. The van der Waals surface area contributed by atoms with Crippen molar-refractivity contribution in [1.82, 2.24) is 4.90 Å². The van der Waals surface area contributed by atoms with Gasteiger partial charge in [-0.1, -0.05) is 12.1 Å². The second-order valence-corrected chi connectivity index (χ2v) is 4.90. The van der Waals surface area contributed by atoms with Crippen LogP contribution in [0.2, 0.25) is 0 Å². The highest BCUT2D eigenvalue weighted by atomic mass is 16.3. The molecule has 0 fully saturated rings. The average molecular weight is 270 g/mol. The van der Waals surface area contributed by atoms with E-state index in [1.807, 2.05) is 6.92 Å². The fraction of sp³-hybridized carbons (Fsp3) is 0.188. The van der Waals surface area contributed by atoms with Crippen LogP contribution in [-0.2, 0) is 6.54 Å². The molecule has 1 amide bonds. The standard InChI is InChI=1S/C16H18N2O2/c1-11-9-13(5-8-15(11)17)16(20)18(2)10-12-3-6-14(19)7-4-12/h3-9,19H,10,17H2,1-2H3. The van der Waals surface area contributed by atoms with Crippen LogP contribution < -0.4 is 5.73 Å². The Morgan fingerprint density at radius 2 is 1.85 bits per heavy atom. The lowest BCUT2D eigenvalue weighted by Crippen LogP contribution is -2.26. The number of aryl methyl sites for hydroxylation is 1. The average Bonchev–Trinajstić information content (AvgIpc) is 2.43. The van der Waals surface area contributed by atoms with E-state index in [1.165, 1.54) is 0 Å². The molecular weight excluding hydrogens is 252 g/mol. The topological polar surface area (TPSA) is 66.6 Å². The Labute approximate surface area is 118 Å². The summed E-state index contributed by atoms with van der Waals surface area (Å²) in [5.74, 6) is 0.165. The van der Waals surface area contributed by atoms with E-state index in [0.29, 0.717) is 17.8 Å². The molecule has 0 unspecified atom stereocenters. The molecule has 0 aliphatic rings. The van der Waals surface area contributed by atoms with E-state index >= 15 is 0 Å². The van der Waals surface area contributed by atoms with Gasteiger partial charge in [-0.15, -0.1) is 0 Å². The number of rotatable bonds is 3. The number of carbonyl (C=O) groups excluding carboxylic acids is 1. The summed E-state index contributed by atoms with van der Waals surface area (Å²) in [4.78, 5) is 14.0. The van der Waals surface area contributed by atoms with Crippen LogP contribution in [0, 0.1) is 6.92 Å². The van der Waals surface area contributed by atoms with Gasteiger partial charge in [0.2, 0.25) is 0 Å². The van der Waals surface area contributed by atoms with Gasteiger partial charge in [-0.2, -0.15) is 0 Å². The number of benzene rings is 2. The number of phenolic OH excluding ortho intramolecular Hbond substituents is 1. The third-order valence-corrected chi connectivity index (χ3v) is 3.22. The maximum Gasteiger partial charge on any atom is 0.253 e. The smallest absolute Gasteiger partial charge is 0.253 e. The zero-order chi connectivity index (χ0) is 14.7. The Hall–Kier alpha value is -2.49. The van der Waals surface area contributed by atoms with Gasteiger partial charge in [-0.3, -0.25) is 4.79 Å². The molecule has 0 heterocycles. The number of amides is 1. The number of nitrogens with zero attached hydrogens (tertiary/aromatic N) is 1. The molecule has 0 radical (unpaired) electrons. The molecule has 4 heteroatoms. The highest BCUT2D eigenvalue weighted by Gasteiger charge is 2.12. The van der Waals surface area contributed by atoms with Gasteiger partial charge in [0.1, 0.15) is 5.75 Å². The predicted octanol–water partition coefficient (Wildman–Crippen LogP) is 2.56. The SMILES string of the molecule is Cc1cc(C(=O)N(C)Cc2ccc(O)cc2)ccc1N. The molecule has 0 saturated carbocycles. The number of hydrogen-bond acceptors (Lipinski definition) is 3.